The number of ether oxygens (including phenoxy) is 1. The zero-order chi connectivity index (χ0) is 14.7. The molecule has 21 heavy (non-hydrogen) atoms. The Morgan fingerprint density at radius 2 is 1.76 bits per heavy atom. The molecular formula is C17H21ClN2O. The molecule has 0 saturated carbocycles. The molecule has 0 fully saturated rings. The van der Waals surface area contributed by atoms with Crippen molar-refractivity contribution in [2.75, 3.05) is 0 Å². The van der Waals surface area contributed by atoms with Crippen LogP contribution < -0.4 is 10.5 Å². The average molecular weight is 305 g/mol. The number of aryl methyl sites for hydroxylation is 1. The highest BCUT2D eigenvalue weighted by Gasteiger charge is 2.12. The summed E-state index contributed by atoms with van der Waals surface area (Å²) in [7, 11) is 0. The topological polar surface area (TPSA) is 59.1 Å². The fourth-order valence-corrected chi connectivity index (χ4v) is 2.10. The number of nitrogens with two attached hydrogens (primary N) is 1. The summed E-state index contributed by atoms with van der Waals surface area (Å²) < 4.78 is 6.02. The van der Waals surface area contributed by atoms with Gasteiger partial charge in [-0.3, -0.25) is 5.41 Å². The highest BCUT2D eigenvalue weighted by Crippen LogP contribution is 2.32. The average Bonchev–Trinajstić information content (AvgIpc) is 2.38. The first kappa shape index (κ1) is 17.1. The number of nitrogens with one attached hydrogen (secondary N) is 1. The van der Waals surface area contributed by atoms with Gasteiger partial charge in [0.05, 0.1) is 5.56 Å². The van der Waals surface area contributed by atoms with E-state index in [-0.39, 0.29) is 18.2 Å². The number of halogens is 1. The summed E-state index contributed by atoms with van der Waals surface area (Å²) >= 11 is 0. The van der Waals surface area contributed by atoms with Crippen LogP contribution in [0.3, 0.4) is 0 Å². The number of para-hydroxylation sites is 1. The van der Waals surface area contributed by atoms with Crippen molar-refractivity contribution in [2.45, 2.75) is 26.7 Å². The SMILES string of the molecule is Cc1ccc(C(C)C)c(Oc2ccccc2C(=N)N)c1.Cl. The van der Waals surface area contributed by atoms with E-state index in [1.165, 1.54) is 0 Å². The van der Waals surface area contributed by atoms with Gasteiger partial charge in [-0.15, -0.1) is 12.4 Å². The molecule has 112 valence electrons. The van der Waals surface area contributed by atoms with Gasteiger partial charge >= 0.3 is 0 Å². The van der Waals surface area contributed by atoms with Crippen LogP contribution in [0.5, 0.6) is 11.5 Å². The van der Waals surface area contributed by atoms with Gasteiger partial charge in [-0.2, -0.15) is 0 Å². The third-order valence-electron chi connectivity index (χ3n) is 3.19. The first-order valence-electron chi connectivity index (χ1n) is 6.71. The molecule has 2 rings (SSSR count). The second-order valence-corrected chi connectivity index (χ2v) is 5.21. The molecule has 0 aromatic heterocycles. The van der Waals surface area contributed by atoms with E-state index in [0.717, 1.165) is 16.9 Å². The molecule has 2 aromatic carbocycles. The van der Waals surface area contributed by atoms with E-state index in [1.807, 2.05) is 31.2 Å². The van der Waals surface area contributed by atoms with Crippen LogP contribution in [0.4, 0.5) is 0 Å². The third-order valence-corrected chi connectivity index (χ3v) is 3.19. The molecule has 0 heterocycles. The Hall–Kier alpha value is -2.00. The lowest BCUT2D eigenvalue weighted by Crippen LogP contribution is -2.12. The van der Waals surface area contributed by atoms with E-state index < -0.39 is 0 Å². The van der Waals surface area contributed by atoms with Crippen LogP contribution in [0.15, 0.2) is 42.5 Å². The standard InChI is InChI=1S/C17H20N2O.ClH/c1-11(2)13-9-8-12(3)10-16(13)20-15-7-5-4-6-14(15)17(18)19;/h4-11H,1-3H3,(H3,18,19);1H. The van der Waals surface area contributed by atoms with Gasteiger partial charge in [-0.25, -0.2) is 0 Å². The Morgan fingerprint density at radius 3 is 2.38 bits per heavy atom. The van der Waals surface area contributed by atoms with E-state index in [4.69, 9.17) is 15.9 Å². The van der Waals surface area contributed by atoms with Gasteiger partial charge in [0.1, 0.15) is 17.3 Å². The summed E-state index contributed by atoms with van der Waals surface area (Å²) in [6.07, 6.45) is 0. The van der Waals surface area contributed by atoms with E-state index in [9.17, 15) is 0 Å². The van der Waals surface area contributed by atoms with Crippen molar-refractivity contribution in [3.05, 3.63) is 59.2 Å². The molecule has 0 aliphatic rings. The molecule has 2 aromatic rings. The van der Waals surface area contributed by atoms with Crippen molar-refractivity contribution >= 4 is 18.2 Å². The lowest BCUT2D eigenvalue weighted by atomic mass is 10.0. The highest BCUT2D eigenvalue weighted by atomic mass is 35.5. The van der Waals surface area contributed by atoms with Crippen molar-refractivity contribution in [2.24, 2.45) is 5.73 Å². The third kappa shape index (κ3) is 3.99. The van der Waals surface area contributed by atoms with Gasteiger partial charge in [0, 0.05) is 0 Å². The second kappa shape index (κ2) is 7.14. The smallest absolute Gasteiger partial charge is 0.138 e. The van der Waals surface area contributed by atoms with Crippen molar-refractivity contribution in [3.8, 4) is 11.5 Å². The molecule has 0 spiro atoms. The Kier molecular flexibility index (Phi) is 5.79. The molecule has 0 aliphatic carbocycles. The normalized spacial score (nSPS) is 10.1. The molecular weight excluding hydrogens is 284 g/mol. The molecule has 0 radical (unpaired) electrons. The van der Waals surface area contributed by atoms with Crippen LogP contribution in [0.1, 0.15) is 36.5 Å². The van der Waals surface area contributed by atoms with Crippen molar-refractivity contribution in [3.63, 3.8) is 0 Å². The summed E-state index contributed by atoms with van der Waals surface area (Å²) in [5.74, 6) is 1.83. The maximum atomic E-state index is 7.62. The Bertz CT molecular complexity index is 638. The zero-order valence-corrected chi connectivity index (χ0v) is 13.3. The summed E-state index contributed by atoms with van der Waals surface area (Å²) in [5.41, 5.74) is 8.50. The second-order valence-electron chi connectivity index (χ2n) is 5.21. The van der Waals surface area contributed by atoms with Gasteiger partial charge in [0.2, 0.25) is 0 Å². The van der Waals surface area contributed by atoms with Gasteiger partial charge in [0.15, 0.2) is 0 Å². The molecule has 4 heteroatoms. The highest BCUT2D eigenvalue weighted by molar-refractivity contribution is 5.97. The number of rotatable bonds is 4. The monoisotopic (exact) mass is 304 g/mol. The predicted molar refractivity (Wildman–Crippen MR) is 90.0 cm³/mol. The molecule has 0 aliphatic heterocycles. The van der Waals surface area contributed by atoms with E-state index in [2.05, 4.69) is 26.0 Å². The first-order valence-corrected chi connectivity index (χ1v) is 6.71. The van der Waals surface area contributed by atoms with E-state index in [0.29, 0.717) is 17.2 Å². The Labute approximate surface area is 132 Å². The van der Waals surface area contributed by atoms with E-state index >= 15 is 0 Å². The number of hydrogen-bond donors (Lipinski definition) is 2. The zero-order valence-electron chi connectivity index (χ0n) is 12.5. The van der Waals surface area contributed by atoms with Crippen LogP contribution >= 0.6 is 12.4 Å². The summed E-state index contributed by atoms with van der Waals surface area (Å²) in [6, 6.07) is 13.6. The molecule has 0 unspecified atom stereocenters. The van der Waals surface area contributed by atoms with Gasteiger partial charge < -0.3 is 10.5 Å². The van der Waals surface area contributed by atoms with Crippen molar-refractivity contribution in [1.29, 1.82) is 5.41 Å². The molecule has 3 nitrogen and oxygen atoms in total. The first-order chi connectivity index (χ1) is 9.49. The van der Waals surface area contributed by atoms with Gasteiger partial charge in [0.25, 0.3) is 0 Å². The minimum absolute atomic E-state index is 0. The number of benzene rings is 2. The number of nitrogen functional groups attached to an aromatic ring is 1. The van der Waals surface area contributed by atoms with Gasteiger partial charge in [-0.05, 0) is 42.2 Å². The fourth-order valence-electron chi connectivity index (χ4n) is 2.10. The molecule has 0 saturated heterocycles. The summed E-state index contributed by atoms with van der Waals surface area (Å²) in [5, 5.41) is 7.62. The molecule has 3 N–H and O–H groups in total. The summed E-state index contributed by atoms with van der Waals surface area (Å²) in [4.78, 5) is 0. The van der Waals surface area contributed by atoms with E-state index in [1.54, 1.807) is 6.07 Å². The van der Waals surface area contributed by atoms with Crippen LogP contribution in [0.2, 0.25) is 0 Å². The van der Waals surface area contributed by atoms with Crippen LogP contribution in [-0.2, 0) is 0 Å². The Balaban J connectivity index is 0.00000220. The maximum absolute atomic E-state index is 7.62. The van der Waals surface area contributed by atoms with Crippen LogP contribution in [0.25, 0.3) is 0 Å². The fraction of sp³-hybridized carbons (Fsp3) is 0.235. The van der Waals surface area contributed by atoms with Gasteiger partial charge in [-0.1, -0.05) is 38.1 Å². The maximum Gasteiger partial charge on any atom is 0.138 e. The largest absolute Gasteiger partial charge is 0.456 e. The molecule has 0 atom stereocenters. The predicted octanol–water partition coefficient (Wildman–Crippen LogP) is 4.62. The Morgan fingerprint density at radius 1 is 1.10 bits per heavy atom. The van der Waals surface area contributed by atoms with Crippen molar-refractivity contribution in [1.82, 2.24) is 0 Å². The minimum Gasteiger partial charge on any atom is -0.456 e. The van der Waals surface area contributed by atoms with Crippen LogP contribution in [0, 0.1) is 12.3 Å². The molecule has 0 amide bonds. The summed E-state index contributed by atoms with van der Waals surface area (Å²) in [6.45, 7) is 6.30. The molecule has 0 bridgehead atoms. The minimum atomic E-state index is 0. The number of amidine groups is 1. The lowest BCUT2D eigenvalue weighted by Gasteiger charge is -2.16. The number of hydrogen-bond acceptors (Lipinski definition) is 2. The van der Waals surface area contributed by atoms with Crippen LogP contribution in [-0.4, -0.2) is 5.84 Å². The lowest BCUT2D eigenvalue weighted by molar-refractivity contribution is 0.471. The quantitative estimate of drug-likeness (QED) is 0.640. The van der Waals surface area contributed by atoms with Crippen molar-refractivity contribution < 1.29 is 4.74 Å².